The third-order valence-electron chi connectivity index (χ3n) is 2.38. The number of carbonyl (C=O) groups excluding carboxylic acids is 1. The number of hydrogen-bond donors (Lipinski definition) is 2. The van der Waals surface area contributed by atoms with E-state index in [0.717, 1.165) is 0 Å². The highest BCUT2D eigenvalue weighted by Crippen LogP contribution is 2.32. The van der Waals surface area contributed by atoms with E-state index in [2.05, 4.69) is 5.32 Å². The number of hydrogen-bond acceptors (Lipinski definition) is 4. The van der Waals surface area contributed by atoms with E-state index in [9.17, 15) is 13.2 Å². The van der Waals surface area contributed by atoms with Gasteiger partial charge in [0, 0.05) is 5.69 Å². The molecule has 0 spiro atoms. The Morgan fingerprint density at radius 1 is 1.32 bits per heavy atom. The van der Waals surface area contributed by atoms with E-state index in [1.165, 1.54) is 26.0 Å². The largest absolute Gasteiger partial charge is 0.399 e. The highest BCUT2D eigenvalue weighted by atomic mass is 35.5. The third kappa shape index (κ3) is 4.26. The lowest BCUT2D eigenvalue weighted by Crippen LogP contribution is -2.28. The van der Waals surface area contributed by atoms with E-state index in [1.807, 2.05) is 0 Å². The normalized spacial score (nSPS) is 11.6. The summed E-state index contributed by atoms with van der Waals surface area (Å²) in [7, 11) is -3.47. The molecule has 0 saturated carbocycles. The van der Waals surface area contributed by atoms with Crippen molar-refractivity contribution in [2.24, 2.45) is 0 Å². The lowest BCUT2D eigenvalue weighted by molar-refractivity contribution is -0.113. The lowest BCUT2D eigenvalue weighted by atomic mass is 10.3. The number of carbonyl (C=O) groups is 1. The highest BCUT2D eigenvalue weighted by Gasteiger charge is 2.21. The summed E-state index contributed by atoms with van der Waals surface area (Å²) in [5, 5.41) is 2.06. The minimum atomic E-state index is -3.47. The van der Waals surface area contributed by atoms with Crippen LogP contribution in [0.15, 0.2) is 12.1 Å². The van der Waals surface area contributed by atoms with Gasteiger partial charge in [-0.3, -0.25) is 4.79 Å². The van der Waals surface area contributed by atoms with E-state index >= 15 is 0 Å². The molecule has 1 amide bonds. The van der Waals surface area contributed by atoms with E-state index < -0.39 is 26.7 Å². The van der Waals surface area contributed by atoms with Crippen molar-refractivity contribution in [3.8, 4) is 0 Å². The van der Waals surface area contributed by atoms with E-state index in [-0.39, 0.29) is 15.7 Å². The summed E-state index contributed by atoms with van der Waals surface area (Å²) in [6.07, 6.45) is 0. The van der Waals surface area contributed by atoms with Gasteiger partial charge in [0.15, 0.2) is 9.84 Å². The minimum absolute atomic E-state index is 0.153. The fraction of sp³-hybridized carbons (Fsp3) is 0.364. The Kier molecular flexibility index (Phi) is 5.06. The van der Waals surface area contributed by atoms with Crippen LogP contribution in [0.4, 0.5) is 11.4 Å². The van der Waals surface area contributed by atoms with Crippen LogP contribution in [0, 0.1) is 0 Å². The Morgan fingerprint density at radius 2 is 1.79 bits per heavy atom. The molecule has 0 aliphatic carbocycles. The number of benzene rings is 1. The van der Waals surface area contributed by atoms with Crippen molar-refractivity contribution in [2.75, 3.05) is 16.8 Å². The van der Waals surface area contributed by atoms with Crippen molar-refractivity contribution < 1.29 is 13.2 Å². The molecule has 0 saturated heterocycles. The number of sulfone groups is 1. The zero-order valence-electron chi connectivity index (χ0n) is 10.4. The smallest absolute Gasteiger partial charge is 0.239 e. The Bertz CT molecular complexity index is 577. The Morgan fingerprint density at radius 3 is 2.21 bits per heavy atom. The molecular formula is C11H14Cl2N2O3S. The molecule has 0 aromatic heterocycles. The van der Waals surface area contributed by atoms with Gasteiger partial charge in [-0.05, 0) is 26.0 Å². The molecule has 0 aliphatic heterocycles. The molecule has 0 atom stereocenters. The molecule has 0 heterocycles. The van der Waals surface area contributed by atoms with Crippen molar-refractivity contribution >= 4 is 50.3 Å². The molecule has 106 valence electrons. The van der Waals surface area contributed by atoms with Crippen LogP contribution in [0.3, 0.4) is 0 Å². The summed E-state index contributed by atoms with van der Waals surface area (Å²) >= 11 is 11.8. The summed E-state index contributed by atoms with van der Waals surface area (Å²) in [5.74, 6) is -1.32. The Balaban J connectivity index is 2.90. The van der Waals surface area contributed by atoms with E-state index in [1.54, 1.807) is 0 Å². The summed E-state index contributed by atoms with van der Waals surface area (Å²) in [4.78, 5) is 11.7. The van der Waals surface area contributed by atoms with Gasteiger partial charge in [-0.1, -0.05) is 23.2 Å². The standard InChI is InChI=1S/C11H14Cl2N2O3S/c1-6(2)19(17,18)5-10(16)15-11-8(12)3-7(14)4-9(11)13/h3-4,6H,5,14H2,1-2H3,(H,15,16). The fourth-order valence-electron chi connectivity index (χ4n) is 1.24. The zero-order valence-corrected chi connectivity index (χ0v) is 12.7. The molecule has 0 fully saturated rings. The number of rotatable bonds is 4. The Labute approximate surface area is 122 Å². The number of nitrogen functional groups attached to an aromatic ring is 1. The average molecular weight is 325 g/mol. The maximum atomic E-state index is 11.7. The maximum Gasteiger partial charge on any atom is 0.239 e. The van der Waals surface area contributed by atoms with Crippen LogP contribution in [-0.2, 0) is 14.6 Å². The third-order valence-corrected chi connectivity index (χ3v) is 5.08. The fourth-order valence-corrected chi connectivity index (χ4v) is 2.61. The highest BCUT2D eigenvalue weighted by molar-refractivity contribution is 7.92. The molecule has 0 aliphatic rings. The number of anilines is 2. The van der Waals surface area contributed by atoms with Crippen LogP contribution in [0.1, 0.15) is 13.8 Å². The van der Waals surface area contributed by atoms with Crippen LogP contribution >= 0.6 is 23.2 Å². The van der Waals surface area contributed by atoms with Gasteiger partial charge >= 0.3 is 0 Å². The van der Waals surface area contributed by atoms with Crippen molar-refractivity contribution in [3.63, 3.8) is 0 Å². The maximum absolute atomic E-state index is 11.7. The van der Waals surface area contributed by atoms with Crippen molar-refractivity contribution in [1.29, 1.82) is 0 Å². The first kappa shape index (κ1) is 16.1. The SMILES string of the molecule is CC(C)S(=O)(=O)CC(=O)Nc1c(Cl)cc(N)cc1Cl. The van der Waals surface area contributed by atoms with Gasteiger partial charge in [0.05, 0.1) is 21.0 Å². The van der Waals surface area contributed by atoms with E-state index in [4.69, 9.17) is 28.9 Å². The van der Waals surface area contributed by atoms with Crippen molar-refractivity contribution in [1.82, 2.24) is 0 Å². The molecule has 0 radical (unpaired) electrons. The number of amides is 1. The Hall–Kier alpha value is -0.980. The van der Waals surface area contributed by atoms with Crippen LogP contribution in [-0.4, -0.2) is 25.3 Å². The van der Waals surface area contributed by atoms with Crippen LogP contribution < -0.4 is 11.1 Å². The first-order valence-corrected chi connectivity index (χ1v) is 7.86. The quantitative estimate of drug-likeness (QED) is 0.832. The summed E-state index contributed by atoms with van der Waals surface area (Å²) in [5.41, 5.74) is 6.03. The molecule has 19 heavy (non-hydrogen) atoms. The second-order valence-corrected chi connectivity index (χ2v) is 7.64. The van der Waals surface area contributed by atoms with E-state index in [0.29, 0.717) is 5.69 Å². The summed E-state index contributed by atoms with van der Waals surface area (Å²) < 4.78 is 23.2. The van der Waals surface area contributed by atoms with Crippen LogP contribution in [0.2, 0.25) is 10.0 Å². The van der Waals surface area contributed by atoms with Crippen molar-refractivity contribution in [2.45, 2.75) is 19.1 Å². The average Bonchev–Trinajstić information content (AvgIpc) is 2.22. The monoisotopic (exact) mass is 324 g/mol. The number of halogens is 2. The molecule has 5 nitrogen and oxygen atoms in total. The zero-order chi connectivity index (χ0) is 14.8. The first-order chi connectivity index (χ1) is 8.63. The topological polar surface area (TPSA) is 89.3 Å². The second kappa shape index (κ2) is 5.98. The minimum Gasteiger partial charge on any atom is -0.399 e. The van der Waals surface area contributed by atoms with Gasteiger partial charge in [-0.2, -0.15) is 0 Å². The molecule has 0 unspecified atom stereocenters. The summed E-state index contributed by atoms with van der Waals surface area (Å²) in [6.45, 7) is 3.01. The second-order valence-electron chi connectivity index (χ2n) is 4.26. The molecule has 0 bridgehead atoms. The number of nitrogens with one attached hydrogen (secondary N) is 1. The lowest BCUT2D eigenvalue weighted by Gasteiger charge is -2.11. The van der Waals surface area contributed by atoms with Gasteiger partial charge in [-0.25, -0.2) is 8.42 Å². The molecule has 1 rings (SSSR count). The van der Waals surface area contributed by atoms with Gasteiger partial charge < -0.3 is 11.1 Å². The molecular weight excluding hydrogens is 311 g/mol. The predicted molar refractivity (Wildman–Crippen MR) is 78.4 cm³/mol. The molecule has 1 aromatic carbocycles. The van der Waals surface area contributed by atoms with Gasteiger partial charge in [0.25, 0.3) is 0 Å². The van der Waals surface area contributed by atoms with Crippen LogP contribution in [0.25, 0.3) is 0 Å². The van der Waals surface area contributed by atoms with Crippen LogP contribution in [0.5, 0.6) is 0 Å². The van der Waals surface area contributed by atoms with Gasteiger partial charge in [0.1, 0.15) is 5.75 Å². The van der Waals surface area contributed by atoms with Gasteiger partial charge in [-0.15, -0.1) is 0 Å². The predicted octanol–water partition coefficient (Wildman–Crippen LogP) is 2.34. The molecule has 1 aromatic rings. The molecule has 8 heteroatoms. The van der Waals surface area contributed by atoms with Crippen molar-refractivity contribution in [3.05, 3.63) is 22.2 Å². The molecule has 3 N–H and O–H groups in total. The number of nitrogens with two attached hydrogens (primary N) is 1. The van der Waals surface area contributed by atoms with Gasteiger partial charge in [0.2, 0.25) is 5.91 Å². The summed E-state index contributed by atoms with van der Waals surface area (Å²) in [6, 6.07) is 2.83. The first-order valence-electron chi connectivity index (χ1n) is 5.39.